The van der Waals surface area contributed by atoms with E-state index >= 15 is 0 Å². The zero-order valence-corrected chi connectivity index (χ0v) is 14.3. The molecule has 0 fully saturated rings. The summed E-state index contributed by atoms with van der Waals surface area (Å²) in [6.45, 7) is 0.289. The fraction of sp³-hybridized carbons (Fsp3) is 0.0476. The van der Waals surface area contributed by atoms with Gasteiger partial charge in [-0.05, 0) is 42.5 Å². The number of pyridine rings is 1. The second-order valence-electron chi connectivity index (χ2n) is 6.05. The van der Waals surface area contributed by atoms with Gasteiger partial charge < -0.3 is 5.32 Å². The maximum Gasteiger partial charge on any atom is 0.266 e. The van der Waals surface area contributed by atoms with Crippen LogP contribution in [0.15, 0.2) is 72.9 Å². The zero-order valence-electron chi connectivity index (χ0n) is 14.3. The fourth-order valence-electron chi connectivity index (χ4n) is 2.99. The Morgan fingerprint density at radius 1 is 0.889 bits per heavy atom. The number of imide groups is 1. The van der Waals surface area contributed by atoms with Crippen molar-refractivity contribution in [2.24, 2.45) is 0 Å². The first-order chi connectivity index (χ1) is 13.1. The van der Waals surface area contributed by atoms with Crippen molar-refractivity contribution >= 4 is 23.4 Å². The minimum atomic E-state index is -0.387. The van der Waals surface area contributed by atoms with Crippen molar-refractivity contribution in [1.82, 2.24) is 10.3 Å². The standard InChI is InChI=1S/C21H15N3O3/c25-19(23-13-15-7-3-4-11-22-15)14-6-5-8-16(12-14)24-20(26)17-9-1-2-10-18(17)21(24)27/h1-12H,13H2,(H,23,25). The zero-order chi connectivity index (χ0) is 18.8. The summed E-state index contributed by atoms with van der Waals surface area (Å²) in [5.41, 5.74) is 2.20. The van der Waals surface area contributed by atoms with Gasteiger partial charge in [0, 0.05) is 11.8 Å². The van der Waals surface area contributed by atoms with Gasteiger partial charge in [-0.3, -0.25) is 19.4 Å². The van der Waals surface area contributed by atoms with Crippen LogP contribution in [0.1, 0.15) is 36.8 Å². The van der Waals surface area contributed by atoms with Gasteiger partial charge >= 0.3 is 0 Å². The molecule has 1 aliphatic rings. The number of fused-ring (bicyclic) bond motifs is 1. The number of anilines is 1. The van der Waals surface area contributed by atoms with E-state index in [1.54, 1.807) is 54.7 Å². The van der Waals surface area contributed by atoms with Crippen LogP contribution in [0.5, 0.6) is 0 Å². The van der Waals surface area contributed by atoms with Crippen LogP contribution in [0.4, 0.5) is 5.69 Å². The Morgan fingerprint density at radius 3 is 2.26 bits per heavy atom. The Labute approximate surface area is 155 Å². The number of nitrogens with one attached hydrogen (secondary N) is 1. The summed E-state index contributed by atoms with van der Waals surface area (Å²) in [4.78, 5) is 42.9. The van der Waals surface area contributed by atoms with Gasteiger partial charge in [-0.1, -0.05) is 24.3 Å². The summed E-state index contributed by atoms with van der Waals surface area (Å²) >= 11 is 0. The van der Waals surface area contributed by atoms with Crippen LogP contribution in [0.2, 0.25) is 0 Å². The molecular weight excluding hydrogens is 342 g/mol. The SMILES string of the molecule is O=C(NCc1ccccn1)c1cccc(N2C(=O)c3ccccc3C2=O)c1. The minimum Gasteiger partial charge on any atom is -0.346 e. The Morgan fingerprint density at radius 2 is 1.59 bits per heavy atom. The molecule has 3 aromatic rings. The third-order valence-electron chi connectivity index (χ3n) is 4.32. The average molecular weight is 357 g/mol. The van der Waals surface area contributed by atoms with Gasteiger partial charge in [0.2, 0.25) is 0 Å². The summed E-state index contributed by atoms with van der Waals surface area (Å²) in [7, 11) is 0. The van der Waals surface area contributed by atoms with E-state index in [2.05, 4.69) is 10.3 Å². The molecule has 2 heterocycles. The lowest BCUT2D eigenvalue weighted by atomic mass is 10.1. The van der Waals surface area contributed by atoms with Crippen LogP contribution in [0.25, 0.3) is 0 Å². The molecule has 0 unspecified atom stereocenters. The summed E-state index contributed by atoms with van der Waals surface area (Å²) in [6, 6.07) is 18.6. The van der Waals surface area contributed by atoms with E-state index in [-0.39, 0.29) is 24.3 Å². The molecule has 0 saturated carbocycles. The van der Waals surface area contributed by atoms with E-state index in [1.807, 2.05) is 12.1 Å². The van der Waals surface area contributed by atoms with E-state index in [4.69, 9.17) is 0 Å². The molecule has 1 aliphatic heterocycles. The third-order valence-corrected chi connectivity index (χ3v) is 4.32. The van der Waals surface area contributed by atoms with Gasteiger partial charge in [0.1, 0.15) is 0 Å². The highest BCUT2D eigenvalue weighted by atomic mass is 16.2. The summed E-state index contributed by atoms with van der Waals surface area (Å²) < 4.78 is 0. The van der Waals surface area contributed by atoms with Gasteiger partial charge in [0.25, 0.3) is 17.7 Å². The van der Waals surface area contributed by atoms with Gasteiger partial charge in [-0.2, -0.15) is 0 Å². The normalized spacial score (nSPS) is 12.8. The predicted octanol–water partition coefficient (Wildman–Crippen LogP) is 2.81. The molecule has 0 bridgehead atoms. The summed E-state index contributed by atoms with van der Waals surface area (Å²) in [5.74, 6) is -1.08. The molecule has 6 heteroatoms. The summed E-state index contributed by atoms with van der Waals surface area (Å²) in [6.07, 6.45) is 1.66. The molecule has 0 saturated heterocycles. The van der Waals surface area contributed by atoms with Crippen molar-refractivity contribution < 1.29 is 14.4 Å². The van der Waals surface area contributed by atoms with Crippen LogP contribution in [0, 0.1) is 0 Å². The molecular formula is C21H15N3O3. The monoisotopic (exact) mass is 357 g/mol. The van der Waals surface area contributed by atoms with E-state index < -0.39 is 0 Å². The molecule has 0 atom stereocenters. The van der Waals surface area contributed by atoms with Crippen LogP contribution in [-0.2, 0) is 6.54 Å². The van der Waals surface area contributed by atoms with Crippen molar-refractivity contribution in [3.8, 4) is 0 Å². The third kappa shape index (κ3) is 3.08. The molecule has 0 aliphatic carbocycles. The molecule has 1 aromatic heterocycles. The molecule has 0 spiro atoms. The molecule has 27 heavy (non-hydrogen) atoms. The van der Waals surface area contributed by atoms with Gasteiger partial charge in [0.05, 0.1) is 29.1 Å². The van der Waals surface area contributed by atoms with Crippen LogP contribution < -0.4 is 10.2 Å². The number of hydrogen-bond donors (Lipinski definition) is 1. The van der Waals surface area contributed by atoms with Crippen molar-refractivity contribution in [2.45, 2.75) is 6.54 Å². The van der Waals surface area contributed by atoms with Crippen molar-refractivity contribution in [3.05, 3.63) is 95.3 Å². The Kier molecular flexibility index (Phi) is 4.22. The van der Waals surface area contributed by atoms with Crippen molar-refractivity contribution in [2.75, 3.05) is 4.90 Å². The van der Waals surface area contributed by atoms with Crippen molar-refractivity contribution in [3.63, 3.8) is 0 Å². The highest BCUT2D eigenvalue weighted by Crippen LogP contribution is 2.28. The number of rotatable bonds is 4. The number of aromatic nitrogens is 1. The number of hydrogen-bond acceptors (Lipinski definition) is 4. The number of benzene rings is 2. The van der Waals surface area contributed by atoms with Gasteiger partial charge in [0.15, 0.2) is 0 Å². The molecule has 1 N–H and O–H groups in total. The van der Waals surface area contributed by atoms with Crippen LogP contribution in [-0.4, -0.2) is 22.7 Å². The minimum absolute atomic E-state index is 0.289. The Hall–Kier alpha value is -3.80. The second kappa shape index (κ2) is 6.84. The lowest BCUT2D eigenvalue weighted by Gasteiger charge is -2.15. The van der Waals surface area contributed by atoms with E-state index in [1.165, 1.54) is 6.07 Å². The summed E-state index contributed by atoms with van der Waals surface area (Å²) in [5, 5.41) is 2.78. The van der Waals surface area contributed by atoms with Gasteiger partial charge in [-0.15, -0.1) is 0 Å². The highest BCUT2D eigenvalue weighted by Gasteiger charge is 2.36. The molecule has 4 rings (SSSR count). The van der Waals surface area contributed by atoms with Crippen LogP contribution in [0.3, 0.4) is 0 Å². The molecule has 2 aromatic carbocycles. The predicted molar refractivity (Wildman–Crippen MR) is 99.4 cm³/mol. The molecule has 132 valence electrons. The molecule has 0 radical (unpaired) electrons. The lowest BCUT2D eigenvalue weighted by molar-refractivity contribution is 0.0919. The van der Waals surface area contributed by atoms with Crippen LogP contribution >= 0.6 is 0 Å². The molecule has 3 amide bonds. The van der Waals surface area contributed by atoms with Crippen molar-refractivity contribution in [1.29, 1.82) is 0 Å². The lowest BCUT2D eigenvalue weighted by Crippen LogP contribution is -2.30. The first-order valence-electron chi connectivity index (χ1n) is 8.41. The topological polar surface area (TPSA) is 79.4 Å². The number of amides is 3. The fourth-order valence-corrected chi connectivity index (χ4v) is 2.99. The van der Waals surface area contributed by atoms with Gasteiger partial charge in [-0.25, -0.2) is 4.90 Å². The number of carbonyl (C=O) groups is 3. The maximum atomic E-state index is 12.6. The Balaban J connectivity index is 1.56. The first kappa shape index (κ1) is 16.7. The Bertz CT molecular complexity index is 1010. The van der Waals surface area contributed by atoms with E-state index in [9.17, 15) is 14.4 Å². The highest BCUT2D eigenvalue weighted by molar-refractivity contribution is 6.34. The average Bonchev–Trinajstić information content (AvgIpc) is 2.98. The number of carbonyl (C=O) groups excluding carboxylic acids is 3. The molecule has 6 nitrogen and oxygen atoms in total. The second-order valence-corrected chi connectivity index (χ2v) is 6.05. The van der Waals surface area contributed by atoms with E-state index in [0.29, 0.717) is 22.4 Å². The van der Waals surface area contributed by atoms with E-state index in [0.717, 1.165) is 10.6 Å². The number of nitrogens with zero attached hydrogens (tertiary/aromatic N) is 2. The largest absolute Gasteiger partial charge is 0.346 e. The first-order valence-corrected chi connectivity index (χ1v) is 8.41. The smallest absolute Gasteiger partial charge is 0.266 e. The quantitative estimate of drug-likeness (QED) is 0.728. The maximum absolute atomic E-state index is 12.6.